The highest BCUT2D eigenvalue weighted by Crippen LogP contribution is 2.33. The summed E-state index contributed by atoms with van der Waals surface area (Å²) in [6, 6.07) is 2.41. The Morgan fingerprint density at radius 2 is 1.96 bits per heavy atom. The lowest BCUT2D eigenvalue weighted by atomic mass is 10.0. The van der Waals surface area contributed by atoms with Crippen LogP contribution in [0.1, 0.15) is 34.6 Å². The van der Waals surface area contributed by atoms with Gasteiger partial charge in [-0.3, -0.25) is 9.59 Å². The lowest BCUT2D eigenvalue weighted by Crippen LogP contribution is -2.26. The number of hydrogen-bond donors (Lipinski definition) is 1. The summed E-state index contributed by atoms with van der Waals surface area (Å²) in [7, 11) is 0. The van der Waals surface area contributed by atoms with Crippen LogP contribution in [0.5, 0.6) is 0 Å². The molecule has 0 saturated heterocycles. The fourth-order valence-corrected chi connectivity index (χ4v) is 3.45. The smallest absolute Gasteiger partial charge is 0.416 e. The summed E-state index contributed by atoms with van der Waals surface area (Å²) < 4.78 is 54.0. The van der Waals surface area contributed by atoms with Crippen molar-refractivity contribution in [1.82, 2.24) is 9.55 Å². The second kappa shape index (κ2) is 7.13. The van der Waals surface area contributed by atoms with Crippen LogP contribution in [0.25, 0.3) is 0 Å². The first-order valence-corrected chi connectivity index (χ1v) is 8.35. The number of nitrogens with zero attached hydrogens (tertiary/aromatic N) is 2. The zero-order valence-electron chi connectivity index (χ0n) is 14.1. The van der Waals surface area contributed by atoms with E-state index >= 15 is 0 Å². The number of aromatic nitrogens is 2. The Morgan fingerprint density at radius 3 is 2.63 bits per heavy atom. The Labute approximate surface area is 151 Å². The van der Waals surface area contributed by atoms with Gasteiger partial charge in [-0.25, -0.2) is 4.39 Å². The van der Waals surface area contributed by atoms with E-state index in [-0.39, 0.29) is 24.2 Å². The Bertz CT molecular complexity index is 951. The average molecular weight is 384 g/mol. The van der Waals surface area contributed by atoms with Crippen LogP contribution in [0, 0.1) is 5.82 Å². The molecule has 1 aliphatic carbocycles. The van der Waals surface area contributed by atoms with Crippen molar-refractivity contribution >= 4 is 5.97 Å². The molecule has 1 heterocycles. The highest BCUT2D eigenvalue weighted by atomic mass is 19.4. The van der Waals surface area contributed by atoms with E-state index in [0.717, 1.165) is 12.1 Å². The Hall–Kier alpha value is -2.71. The van der Waals surface area contributed by atoms with Gasteiger partial charge in [-0.1, -0.05) is 6.07 Å². The Morgan fingerprint density at radius 1 is 1.22 bits per heavy atom. The summed E-state index contributed by atoms with van der Waals surface area (Å²) in [5.74, 6) is -2.00. The van der Waals surface area contributed by atoms with Crippen molar-refractivity contribution in [3.8, 4) is 0 Å². The van der Waals surface area contributed by atoms with E-state index in [1.165, 1.54) is 4.57 Å². The van der Waals surface area contributed by atoms with Crippen molar-refractivity contribution in [2.45, 2.75) is 44.8 Å². The van der Waals surface area contributed by atoms with Gasteiger partial charge in [0.15, 0.2) is 0 Å². The van der Waals surface area contributed by atoms with Crippen LogP contribution in [0.4, 0.5) is 17.6 Å². The first kappa shape index (κ1) is 19.1. The van der Waals surface area contributed by atoms with Crippen LogP contribution in [0.3, 0.4) is 0 Å². The summed E-state index contributed by atoms with van der Waals surface area (Å²) in [5.41, 5.74) is -0.633. The van der Waals surface area contributed by atoms with Gasteiger partial charge in [0.1, 0.15) is 18.2 Å². The van der Waals surface area contributed by atoms with Gasteiger partial charge < -0.3 is 9.67 Å². The second-order valence-electron chi connectivity index (χ2n) is 6.39. The molecule has 0 bridgehead atoms. The summed E-state index contributed by atoms with van der Waals surface area (Å²) in [4.78, 5) is 27.2. The molecule has 1 aliphatic rings. The number of benzene rings is 1. The number of fused-ring (bicyclic) bond motifs is 1. The number of alkyl halides is 3. The van der Waals surface area contributed by atoms with E-state index in [2.05, 4.69) is 4.98 Å². The van der Waals surface area contributed by atoms with Crippen molar-refractivity contribution < 1.29 is 27.5 Å². The van der Waals surface area contributed by atoms with E-state index < -0.39 is 35.6 Å². The minimum atomic E-state index is -4.72. The quantitative estimate of drug-likeness (QED) is 0.805. The molecule has 1 aromatic carbocycles. The minimum Gasteiger partial charge on any atom is -0.480 e. The molecule has 144 valence electrons. The maximum atomic E-state index is 13.2. The number of carbonyl (C=O) groups is 1. The molecule has 0 atom stereocenters. The van der Waals surface area contributed by atoms with Crippen molar-refractivity contribution in [2.75, 3.05) is 0 Å². The summed E-state index contributed by atoms with van der Waals surface area (Å²) >= 11 is 0. The minimum absolute atomic E-state index is 0.0650. The first-order valence-electron chi connectivity index (χ1n) is 8.35. The zero-order chi connectivity index (χ0) is 19.8. The van der Waals surface area contributed by atoms with Gasteiger partial charge in [-0.05, 0) is 43.4 Å². The molecular formula is C18H16F4N2O3. The summed E-state index contributed by atoms with van der Waals surface area (Å²) in [6.07, 6.45) is -3.20. The third kappa shape index (κ3) is 4.01. The predicted octanol–water partition coefficient (Wildman–Crippen LogP) is 2.76. The summed E-state index contributed by atoms with van der Waals surface area (Å²) in [6.45, 7) is -0.416. The second-order valence-corrected chi connectivity index (χ2v) is 6.39. The van der Waals surface area contributed by atoms with Crippen LogP contribution < -0.4 is 5.56 Å². The van der Waals surface area contributed by atoms with Gasteiger partial charge >= 0.3 is 12.1 Å². The van der Waals surface area contributed by atoms with Crippen LogP contribution >= 0.6 is 0 Å². The molecule has 0 amide bonds. The molecule has 0 saturated carbocycles. The van der Waals surface area contributed by atoms with Gasteiger partial charge in [0, 0.05) is 17.7 Å². The van der Waals surface area contributed by atoms with Crippen LogP contribution in [0.15, 0.2) is 23.0 Å². The van der Waals surface area contributed by atoms with Gasteiger partial charge in [-0.15, -0.1) is 0 Å². The molecule has 1 aromatic heterocycles. The number of carboxylic acids is 1. The van der Waals surface area contributed by atoms with E-state index in [9.17, 15) is 27.2 Å². The van der Waals surface area contributed by atoms with Gasteiger partial charge in [0.25, 0.3) is 5.56 Å². The third-order valence-electron chi connectivity index (χ3n) is 4.60. The molecule has 0 aliphatic heterocycles. The van der Waals surface area contributed by atoms with Crippen LogP contribution in [-0.4, -0.2) is 20.6 Å². The topological polar surface area (TPSA) is 72.2 Å². The Kier molecular flexibility index (Phi) is 5.03. The molecule has 0 unspecified atom stereocenters. The molecule has 0 fully saturated rings. The first-order chi connectivity index (χ1) is 12.7. The zero-order valence-corrected chi connectivity index (χ0v) is 14.1. The summed E-state index contributed by atoms with van der Waals surface area (Å²) in [5, 5.41) is 9.14. The van der Waals surface area contributed by atoms with Gasteiger partial charge in [0.05, 0.1) is 5.56 Å². The van der Waals surface area contributed by atoms with Crippen molar-refractivity contribution in [3.63, 3.8) is 0 Å². The number of aryl methyl sites for hydroxylation is 2. The van der Waals surface area contributed by atoms with Crippen molar-refractivity contribution in [3.05, 3.63) is 62.6 Å². The number of rotatable bonds is 5. The van der Waals surface area contributed by atoms with E-state index in [4.69, 9.17) is 5.11 Å². The van der Waals surface area contributed by atoms with E-state index in [1.807, 2.05) is 0 Å². The average Bonchev–Trinajstić information content (AvgIpc) is 3.06. The molecule has 9 heteroatoms. The highest BCUT2D eigenvalue weighted by molar-refractivity contribution is 5.66. The predicted molar refractivity (Wildman–Crippen MR) is 87.0 cm³/mol. The molecule has 1 N–H and O–H groups in total. The van der Waals surface area contributed by atoms with Crippen LogP contribution in [-0.2, 0) is 43.2 Å². The number of halogens is 4. The molecule has 3 rings (SSSR count). The number of carboxylic acid groups (broad SMARTS) is 1. The fraction of sp³-hybridized carbons (Fsp3) is 0.389. The number of aliphatic carboxylic acids is 1. The largest absolute Gasteiger partial charge is 0.480 e. The normalized spacial score (nSPS) is 13.6. The standard InChI is InChI=1S/C18H16F4N2O3/c19-11-6-4-10(13(8-11)18(20,21)22)5-7-15-23-17(27)12-2-1-3-14(12)24(15)9-16(25)26/h4,6,8H,1-3,5,7,9H2,(H,25,26). The molecule has 0 spiro atoms. The molecule has 5 nitrogen and oxygen atoms in total. The maximum Gasteiger partial charge on any atom is 0.416 e. The monoisotopic (exact) mass is 384 g/mol. The third-order valence-corrected chi connectivity index (χ3v) is 4.60. The van der Waals surface area contributed by atoms with Gasteiger partial charge in [0.2, 0.25) is 0 Å². The molecular weight excluding hydrogens is 368 g/mol. The van der Waals surface area contributed by atoms with Crippen LogP contribution in [0.2, 0.25) is 0 Å². The lowest BCUT2D eigenvalue weighted by molar-refractivity contribution is -0.139. The molecule has 0 radical (unpaired) electrons. The fourth-order valence-electron chi connectivity index (χ4n) is 3.45. The van der Waals surface area contributed by atoms with Crippen molar-refractivity contribution in [2.24, 2.45) is 0 Å². The van der Waals surface area contributed by atoms with Gasteiger partial charge in [-0.2, -0.15) is 18.2 Å². The Balaban J connectivity index is 1.97. The lowest BCUT2D eigenvalue weighted by Gasteiger charge is -2.17. The highest BCUT2D eigenvalue weighted by Gasteiger charge is 2.33. The maximum absolute atomic E-state index is 13.2. The van der Waals surface area contributed by atoms with E-state index in [1.54, 1.807) is 0 Å². The SMILES string of the molecule is O=C(O)Cn1c(CCc2ccc(F)cc2C(F)(F)F)nc(=O)c2c1CCC2. The van der Waals surface area contributed by atoms with Crippen molar-refractivity contribution in [1.29, 1.82) is 0 Å². The molecule has 2 aromatic rings. The molecule has 27 heavy (non-hydrogen) atoms. The van der Waals surface area contributed by atoms with E-state index in [0.29, 0.717) is 36.6 Å². The number of hydrogen-bond acceptors (Lipinski definition) is 3.